The van der Waals surface area contributed by atoms with Crippen LogP contribution in [0.2, 0.25) is 0 Å². The molecule has 1 aliphatic rings. The molecule has 1 saturated heterocycles. The summed E-state index contributed by atoms with van der Waals surface area (Å²) in [4.78, 5) is 18.8. The van der Waals surface area contributed by atoms with Crippen LogP contribution in [0.3, 0.4) is 0 Å². The van der Waals surface area contributed by atoms with Gasteiger partial charge in [0.2, 0.25) is 11.7 Å². The smallest absolute Gasteiger partial charge is 0.413 e. The maximum atomic E-state index is 11.4. The molecule has 4 rings (SSSR count). The van der Waals surface area contributed by atoms with Crippen LogP contribution in [0, 0.1) is 0 Å². The molecule has 3 aromatic rings. The number of amides is 1. The molecular weight excluding hydrogens is 334 g/mol. The molecule has 2 unspecified atom stereocenters. The van der Waals surface area contributed by atoms with Crippen molar-refractivity contribution in [3.8, 4) is 0 Å². The number of ether oxygens (including phenoxy) is 3. The second-order valence-corrected chi connectivity index (χ2v) is 6.16. The van der Waals surface area contributed by atoms with E-state index in [1.807, 2.05) is 55.5 Å². The van der Waals surface area contributed by atoms with Crippen molar-refractivity contribution in [2.45, 2.75) is 18.8 Å². The van der Waals surface area contributed by atoms with E-state index in [-0.39, 0.29) is 6.10 Å². The van der Waals surface area contributed by atoms with Crippen molar-refractivity contribution >= 4 is 23.1 Å². The van der Waals surface area contributed by atoms with Crippen molar-refractivity contribution in [3.63, 3.8) is 0 Å². The minimum absolute atomic E-state index is 0.0239. The third kappa shape index (κ3) is 2.81. The van der Waals surface area contributed by atoms with Crippen molar-refractivity contribution in [1.29, 1.82) is 0 Å². The highest BCUT2D eigenvalue weighted by Gasteiger charge is 2.43. The molecule has 134 valence electrons. The number of hydrogen-bond donors (Lipinski definition) is 2. The lowest BCUT2D eigenvalue weighted by Gasteiger charge is -2.29. The Hall–Kier alpha value is -2.90. The van der Waals surface area contributed by atoms with E-state index >= 15 is 0 Å². The van der Waals surface area contributed by atoms with E-state index in [0.29, 0.717) is 12.6 Å². The van der Waals surface area contributed by atoms with Crippen LogP contribution in [0.1, 0.15) is 18.1 Å². The summed E-state index contributed by atoms with van der Waals surface area (Å²) in [5.74, 6) is -0.644. The topological polar surface area (TPSA) is 85.5 Å². The first kappa shape index (κ1) is 16.6. The van der Waals surface area contributed by atoms with Crippen molar-refractivity contribution in [3.05, 3.63) is 59.7 Å². The van der Waals surface area contributed by atoms with E-state index in [0.717, 1.165) is 22.2 Å². The van der Waals surface area contributed by atoms with Crippen LogP contribution in [-0.2, 0) is 20.0 Å². The molecule has 2 heterocycles. The quantitative estimate of drug-likeness (QED) is 0.754. The fourth-order valence-electron chi connectivity index (χ4n) is 3.13. The molecule has 0 aliphatic carbocycles. The second kappa shape index (κ2) is 6.44. The van der Waals surface area contributed by atoms with E-state index in [2.05, 4.69) is 20.0 Å². The lowest BCUT2D eigenvalue weighted by atomic mass is 9.97. The van der Waals surface area contributed by atoms with Crippen LogP contribution in [-0.4, -0.2) is 35.9 Å². The van der Waals surface area contributed by atoms with E-state index < -0.39 is 11.9 Å². The maximum Gasteiger partial charge on any atom is 0.413 e. The van der Waals surface area contributed by atoms with E-state index in [4.69, 9.17) is 9.47 Å². The van der Waals surface area contributed by atoms with Crippen molar-refractivity contribution in [2.75, 3.05) is 19.0 Å². The summed E-state index contributed by atoms with van der Waals surface area (Å²) in [7, 11) is 1.30. The zero-order valence-electron chi connectivity index (χ0n) is 14.5. The summed E-state index contributed by atoms with van der Waals surface area (Å²) in [6.07, 6.45) is -0.606. The molecule has 7 nitrogen and oxygen atoms in total. The molecule has 2 aromatic carbocycles. The van der Waals surface area contributed by atoms with Gasteiger partial charge in [-0.1, -0.05) is 36.4 Å². The highest BCUT2D eigenvalue weighted by molar-refractivity contribution is 5.86. The number of imidazole rings is 1. The van der Waals surface area contributed by atoms with Gasteiger partial charge in [0.15, 0.2) is 0 Å². The third-order valence-corrected chi connectivity index (χ3v) is 4.31. The number of H-pyrrole nitrogens is 1. The molecule has 1 aromatic heterocycles. The summed E-state index contributed by atoms with van der Waals surface area (Å²) in [6, 6.07) is 15.6. The average Bonchev–Trinajstić information content (AvgIpc) is 3.25. The predicted molar refractivity (Wildman–Crippen MR) is 95.8 cm³/mol. The largest absolute Gasteiger partial charge is 0.453 e. The van der Waals surface area contributed by atoms with Gasteiger partial charge in [-0.15, -0.1) is 0 Å². The number of carbonyl (C=O) groups excluding carboxylic acids is 1. The molecule has 1 aliphatic heterocycles. The summed E-state index contributed by atoms with van der Waals surface area (Å²) >= 11 is 0. The van der Waals surface area contributed by atoms with Gasteiger partial charge in [-0.25, -0.2) is 9.78 Å². The molecule has 0 radical (unpaired) electrons. The molecule has 0 bridgehead atoms. The van der Waals surface area contributed by atoms with Crippen molar-refractivity contribution in [2.24, 2.45) is 0 Å². The van der Waals surface area contributed by atoms with Crippen LogP contribution < -0.4 is 5.32 Å². The number of nitrogens with zero attached hydrogens (tertiary/aromatic N) is 1. The normalized spacial score (nSPS) is 22.5. The number of aromatic nitrogens is 2. The number of aromatic amines is 1. The molecule has 7 heteroatoms. The first-order valence-corrected chi connectivity index (χ1v) is 8.33. The molecule has 0 spiro atoms. The molecule has 0 saturated carbocycles. The molecular formula is C19H19N3O4. The molecule has 2 N–H and O–H groups in total. The van der Waals surface area contributed by atoms with Gasteiger partial charge >= 0.3 is 6.09 Å². The van der Waals surface area contributed by atoms with Crippen molar-refractivity contribution in [1.82, 2.24) is 9.97 Å². The molecule has 26 heavy (non-hydrogen) atoms. The summed E-state index contributed by atoms with van der Waals surface area (Å²) in [5.41, 5.74) is 3.26. The lowest BCUT2D eigenvalue weighted by Crippen LogP contribution is -2.29. The Kier molecular flexibility index (Phi) is 4.10. The number of anilines is 1. The van der Waals surface area contributed by atoms with E-state index in [9.17, 15) is 4.79 Å². The number of nitrogens with one attached hydrogen (secondary N) is 2. The molecule has 1 amide bonds. The third-order valence-electron chi connectivity index (χ3n) is 4.31. The van der Waals surface area contributed by atoms with Crippen LogP contribution >= 0.6 is 0 Å². The number of fused-ring (bicyclic) bond motifs is 1. The number of hydrogen-bond acceptors (Lipinski definition) is 5. The number of rotatable bonds is 3. The Labute approximate surface area is 150 Å². The van der Waals surface area contributed by atoms with Gasteiger partial charge in [0.05, 0.1) is 30.9 Å². The minimum Gasteiger partial charge on any atom is -0.453 e. The van der Waals surface area contributed by atoms with Gasteiger partial charge in [-0.2, -0.15) is 0 Å². The first-order valence-electron chi connectivity index (χ1n) is 8.33. The molecule has 2 atom stereocenters. The average molecular weight is 353 g/mol. The van der Waals surface area contributed by atoms with Gasteiger partial charge < -0.3 is 19.2 Å². The fraction of sp³-hybridized carbons (Fsp3) is 0.263. The van der Waals surface area contributed by atoms with Crippen LogP contribution in [0.25, 0.3) is 11.0 Å². The van der Waals surface area contributed by atoms with Gasteiger partial charge in [0.1, 0.15) is 0 Å². The molecule has 1 fully saturated rings. The Bertz CT molecular complexity index is 940. The second-order valence-electron chi connectivity index (χ2n) is 6.16. The highest BCUT2D eigenvalue weighted by Crippen LogP contribution is 2.41. The first-order chi connectivity index (χ1) is 12.6. The van der Waals surface area contributed by atoms with Crippen LogP contribution in [0.5, 0.6) is 0 Å². The summed E-state index contributed by atoms with van der Waals surface area (Å²) in [5, 5.41) is 2.53. The Morgan fingerprint density at radius 3 is 2.77 bits per heavy atom. The Balaban J connectivity index is 1.77. The van der Waals surface area contributed by atoms with Gasteiger partial charge in [0.25, 0.3) is 0 Å². The lowest BCUT2D eigenvalue weighted by molar-refractivity contribution is -0.140. The summed E-state index contributed by atoms with van der Waals surface area (Å²) in [6.45, 7) is 2.49. The Morgan fingerprint density at radius 1 is 1.27 bits per heavy atom. The zero-order valence-corrected chi connectivity index (χ0v) is 14.5. The van der Waals surface area contributed by atoms with Gasteiger partial charge in [-0.05, 0) is 19.1 Å². The number of methoxy groups -OCH3 is 1. The minimum atomic E-state index is -0.962. The van der Waals surface area contributed by atoms with Gasteiger partial charge in [-0.3, -0.25) is 5.32 Å². The van der Waals surface area contributed by atoms with Gasteiger partial charge in [0, 0.05) is 11.1 Å². The fourth-order valence-corrected chi connectivity index (χ4v) is 3.13. The Morgan fingerprint density at radius 2 is 2.08 bits per heavy atom. The van der Waals surface area contributed by atoms with Crippen LogP contribution in [0.4, 0.5) is 10.7 Å². The SMILES string of the molecule is COC(=O)Nc1nc2ccc(C3(c4ccccc4)OCC(C)O3)cc2[nH]1. The van der Waals surface area contributed by atoms with Crippen molar-refractivity contribution < 1.29 is 19.0 Å². The maximum absolute atomic E-state index is 11.4. The van der Waals surface area contributed by atoms with E-state index in [1.54, 1.807) is 0 Å². The zero-order chi connectivity index (χ0) is 18.1. The highest BCUT2D eigenvalue weighted by atomic mass is 16.7. The number of carbonyl (C=O) groups is 1. The monoisotopic (exact) mass is 353 g/mol. The van der Waals surface area contributed by atoms with Crippen LogP contribution in [0.15, 0.2) is 48.5 Å². The standard InChI is InChI=1S/C19H19N3O4/c1-12-11-25-19(26-12,13-6-4-3-5-7-13)14-8-9-15-16(10-14)21-17(20-15)22-18(23)24-2/h3-10,12H,11H2,1-2H3,(H2,20,21,22,23). The number of benzene rings is 2. The predicted octanol–water partition coefficient (Wildman–Crippen LogP) is 3.38. The van der Waals surface area contributed by atoms with E-state index in [1.165, 1.54) is 7.11 Å². The summed E-state index contributed by atoms with van der Waals surface area (Å²) < 4.78 is 16.9.